The fourth-order valence-electron chi connectivity index (χ4n) is 1.66. The first-order valence-corrected chi connectivity index (χ1v) is 6.68. The van der Waals surface area contributed by atoms with E-state index in [0.717, 1.165) is 0 Å². The van der Waals surface area contributed by atoms with Gasteiger partial charge in [0.15, 0.2) is 0 Å². The number of carboxylic acids is 1. The summed E-state index contributed by atoms with van der Waals surface area (Å²) >= 11 is 5.92. The normalized spacial score (nSPS) is 10.4. The molecule has 0 saturated heterocycles. The molecule has 1 rings (SSSR count). The number of rotatable bonds is 7. The van der Waals surface area contributed by atoms with E-state index >= 15 is 0 Å². The standard InChI is InChI=1S/C14H18ClNO4/c1-10(2)16(9-14(18)19)13(17)7-8-20-12-6-4-3-5-11(12)15/h3-6,10H,7-9H2,1-2H3,(H,18,19). The van der Waals surface area contributed by atoms with E-state index in [0.29, 0.717) is 10.8 Å². The van der Waals surface area contributed by atoms with Gasteiger partial charge in [0.05, 0.1) is 18.1 Å². The van der Waals surface area contributed by atoms with E-state index in [1.165, 1.54) is 4.90 Å². The van der Waals surface area contributed by atoms with E-state index in [1.807, 2.05) is 0 Å². The van der Waals surface area contributed by atoms with E-state index in [9.17, 15) is 9.59 Å². The third-order valence-electron chi connectivity index (χ3n) is 2.66. The molecule has 5 nitrogen and oxygen atoms in total. The summed E-state index contributed by atoms with van der Waals surface area (Å²) in [4.78, 5) is 24.0. The lowest BCUT2D eigenvalue weighted by Gasteiger charge is -2.24. The van der Waals surface area contributed by atoms with Crippen LogP contribution in [0.2, 0.25) is 5.02 Å². The summed E-state index contributed by atoms with van der Waals surface area (Å²) in [5.41, 5.74) is 0. The van der Waals surface area contributed by atoms with Crippen LogP contribution in [0.4, 0.5) is 0 Å². The maximum absolute atomic E-state index is 11.9. The summed E-state index contributed by atoms with van der Waals surface area (Å²) in [5.74, 6) is -0.773. The molecule has 0 heterocycles. The van der Waals surface area contributed by atoms with Gasteiger partial charge >= 0.3 is 5.97 Å². The number of hydrogen-bond acceptors (Lipinski definition) is 3. The molecule has 0 saturated carbocycles. The molecule has 0 radical (unpaired) electrons. The Kier molecular flexibility index (Phi) is 6.31. The van der Waals surface area contributed by atoms with Gasteiger partial charge in [-0.3, -0.25) is 9.59 Å². The number of amides is 1. The van der Waals surface area contributed by atoms with Gasteiger partial charge in [-0.15, -0.1) is 0 Å². The summed E-state index contributed by atoms with van der Waals surface area (Å²) in [6, 6.07) is 6.81. The second-order valence-electron chi connectivity index (χ2n) is 4.54. The van der Waals surface area contributed by atoms with Crippen LogP contribution in [-0.4, -0.2) is 41.1 Å². The minimum Gasteiger partial charge on any atom is -0.491 e. The molecule has 0 fully saturated rings. The highest BCUT2D eigenvalue weighted by molar-refractivity contribution is 6.32. The third kappa shape index (κ3) is 5.09. The lowest BCUT2D eigenvalue weighted by molar-refractivity contribution is -0.146. The van der Waals surface area contributed by atoms with Crippen molar-refractivity contribution in [1.29, 1.82) is 0 Å². The van der Waals surface area contributed by atoms with Crippen LogP contribution in [0, 0.1) is 0 Å². The molecule has 1 aromatic carbocycles. The highest BCUT2D eigenvalue weighted by Gasteiger charge is 2.19. The van der Waals surface area contributed by atoms with Crippen LogP contribution in [0.15, 0.2) is 24.3 Å². The predicted molar refractivity (Wildman–Crippen MR) is 76.0 cm³/mol. The number of nitrogens with zero attached hydrogens (tertiary/aromatic N) is 1. The van der Waals surface area contributed by atoms with Crippen molar-refractivity contribution in [2.45, 2.75) is 26.3 Å². The Morgan fingerprint density at radius 1 is 1.35 bits per heavy atom. The Labute approximate surface area is 123 Å². The Balaban J connectivity index is 2.49. The molecule has 0 spiro atoms. The molecule has 0 aliphatic carbocycles. The second kappa shape index (κ2) is 7.75. The molecule has 20 heavy (non-hydrogen) atoms. The van der Waals surface area contributed by atoms with Gasteiger partial charge in [-0.2, -0.15) is 0 Å². The monoisotopic (exact) mass is 299 g/mol. The number of halogens is 1. The highest BCUT2D eigenvalue weighted by Crippen LogP contribution is 2.23. The van der Waals surface area contributed by atoms with E-state index in [-0.39, 0.29) is 31.5 Å². The van der Waals surface area contributed by atoms with Crippen molar-refractivity contribution in [3.63, 3.8) is 0 Å². The molecule has 0 aliphatic heterocycles. The molecule has 6 heteroatoms. The number of benzene rings is 1. The average molecular weight is 300 g/mol. The van der Waals surface area contributed by atoms with Gasteiger partial charge in [-0.25, -0.2) is 0 Å². The summed E-state index contributed by atoms with van der Waals surface area (Å²) in [6.07, 6.45) is 0.108. The Morgan fingerprint density at radius 3 is 2.55 bits per heavy atom. The summed E-state index contributed by atoms with van der Waals surface area (Å²) in [6.45, 7) is 3.40. The molecule has 0 atom stereocenters. The first kappa shape index (κ1) is 16.3. The number of aliphatic carboxylic acids is 1. The summed E-state index contributed by atoms with van der Waals surface area (Å²) in [5, 5.41) is 9.26. The number of carbonyl (C=O) groups is 2. The van der Waals surface area contributed by atoms with Crippen molar-refractivity contribution in [2.24, 2.45) is 0 Å². The molecule has 110 valence electrons. The van der Waals surface area contributed by atoms with Crippen LogP contribution in [0.1, 0.15) is 20.3 Å². The molecule has 1 amide bonds. The number of carboxylic acid groups (broad SMARTS) is 1. The van der Waals surface area contributed by atoms with Gasteiger partial charge in [-0.05, 0) is 26.0 Å². The molecule has 0 aromatic heterocycles. The number of hydrogen-bond donors (Lipinski definition) is 1. The smallest absolute Gasteiger partial charge is 0.323 e. The SMILES string of the molecule is CC(C)N(CC(=O)O)C(=O)CCOc1ccccc1Cl. The summed E-state index contributed by atoms with van der Waals surface area (Å²) in [7, 11) is 0. The third-order valence-corrected chi connectivity index (χ3v) is 2.97. The lowest BCUT2D eigenvalue weighted by Crippen LogP contribution is -2.41. The zero-order valence-corrected chi connectivity index (χ0v) is 12.3. The largest absolute Gasteiger partial charge is 0.491 e. The van der Waals surface area contributed by atoms with Gasteiger partial charge in [0.1, 0.15) is 12.3 Å². The fourth-order valence-corrected chi connectivity index (χ4v) is 1.85. The topological polar surface area (TPSA) is 66.8 Å². The van der Waals surface area contributed by atoms with Crippen LogP contribution in [-0.2, 0) is 9.59 Å². The van der Waals surface area contributed by atoms with Crippen LogP contribution in [0.25, 0.3) is 0 Å². The van der Waals surface area contributed by atoms with Crippen molar-refractivity contribution in [2.75, 3.05) is 13.2 Å². The van der Waals surface area contributed by atoms with Crippen molar-refractivity contribution in [3.05, 3.63) is 29.3 Å². The number of ether oxygens (including phenoxy) is 1. The Morgan fingerprint density at radius 2 is 2.00 bits per heavy atom. The van der Waals surface area contributed by atoms with Gasteiger partial charge in [-0.1, -0.05) is 23.7 Å². The molecular weight excluding hydrogens is 282 g/mol. The van der Waals surface area contributed by atoms with Crippen LogP contribution < -0.4 is 4.74 Å². The van der Waals surface area contributed by atoms with Crippen LogP contribution in [0.3, 0.4) is 0 Å². The highest BCUT2D eigenvalue weighted by atomic mass is 35.5. The zero-order valence-electron chi connectivity index (χ0n) is 11.5. The first-order valence-electron chi connectivity index (χ1n) is 6.30. The molecule has 0 bridgehead atoms. The fraction of sp³-hybridized carbons (Fsp3) is 0.429. The van der Waals surface area contributed by atoms with Gasteiger partial charge in [0, 0.05) is 6.04 Å². The maximum Gasteiger partial charge on any atom is 0.323 e. The molecule has 1 N–H and O–H groups in total. The zero-order chi connectivity index (χ0) is 15.1. The van der Waals surface area contributed by atoms with Crippen LogP contribution >= 0.6 is 11.6 Å². The minimum absolute atomic E-state index is 0.108. The van der Waals surface area contributed by atoms with Gasteiger partial charge in [0.25, 0.3) is 0 Å². The van der Waals surface area contributed by atoms with Gasteiger partial charge < -0.3 is 14.7 Å². The Hall–Kier alpha value is -1.75. The molecule has 0 unspecified atom stereocenters. The van der Waals surface area contributed by atoms with Crippen molar-refractivity contribution >= 4 is 23.5 Å². The van der Waals surface area contributed by atoms with E-state index in [1.54, 1.807) is 38.1 Å². The Bertz CT molecular complexity index is 476. The molecular formula is C14H18ClNO4. The second-order valence-corrected chi connectivity index (χ2v) is 4.95. The number of carbonyl (C=O) groups excluding carboxylic acids is 1. The maximum atomic E-state index is 11.9. The number of para-hydroxylation sites is 1. The predicted octanol–water partition coefficient (Wildman–Crippen LogP) is 2.43. The minimum atomic E-state index is -1.03. The van der Waals surface area contributed by atoms with Crippen molar-refractivity contribution in [3.8, 4) is 5.75 Å². The lowest BCUT2D eigenvalue weighted by atomic mass is 10.2. The van der Waals surface area contributed by atoms with Crippen molar-refractivity contribution in [1.82, 2.24) is 4.90 Å². The van der Waals surface area contributed by atoms with E-state index in [2.05, 4.69) is 0 Å². The van der Waals surface area contributed by atoms with E-state index < -0.39 is 5.97 Å². The summed E-state index contributed by atoms with van der Waals surface area (Å²) < 4.78 is 5.42. The quantitative estimate of drug-likeness (QED) is 0.839. The van der Waals surface area contributed by atoms with Crippen molar-refractivity contribution < 1.29 is 19.4 Å². The van der Waals surface area contributed by atoms with Gasteiger partial charge in [0.2, 0.25) is 5.91 Å². The average Bonchev–Trinajstić information content (AvgIpc) is 2.37. The van der Waals surface area contributed by atoms with E-state index in [4.69, 9.17) is 21.4 Å². The first-order chi connectivity index (χ1) is 9.41. The van der Waals surface area contributed by atoms with Crippen LogP contribution in [0.5, 0.6) is 5.75 Å². The molecule has 0 aliphatic rings. The molecule has 1 aromatic rings.